The van der Waals surface area contributed by atoms with Crippen LogP contribution in [0.3, 0.4) is 0 Å². The van der Waals surface area contributed by atoms with Crippen LogP contribution in [0.25, 0.3) is 0 Å². The van der Waals surface area contributed by atoms with Gasteiger partial charge in [0.15, 0.2) is 5.01 Å². The van der Waals surface area contributed by atoms with E-state index >= 15 is 0 Å². The number of aliphatic hydroxyl groups excluding tert-OH is 2. The third kappa shape index (κ3) is 1.41. The maximum Gasteiger partial charge on any atom is 0.272 e. The molecular formula is C5H8BrFO4. The molecule has 1 aliphatic rings. The van der Waals surface area contributed by atoms with Crippen LogP contribution in [0.4, 0.5) is 4.39 Å². The van der Waals surface area contributed by atoms with Crippen molar-refractivity contribution in [3.8, 4) is 0 Å². The summed E-state index contributed by atoms with van der Waals surface area (Å²) in [6.45, 7) is -0.532. The first-order chi connectivity index (χ1) is 5.00. The van der Waals surface area contributed by atoms with Crippen molar-refractivity contribution in [1.82, 2.24) is 0 Å². The molecule has 0 aromatic heterocycles. The molecule has 0 aromatic carbocycles. The van der Waals surface area contributed by atoms with Crippen LogP contribution in [0.5, 0.6) is 0 Å². The lowest BCUT2D eigenvalue weighted by molar-refractivity contribution is -0.153. The highest BCUT2D eigenvalue weighted by Crippen LogP contribution is 2.35. The van der Waals surface area contributed by atoms with E-state index in [2.05, 4.69) is 20.7 Å². The molecule has 1 rings (SSSR count). The smallest absolute Gasteiger partial charge is 0.272 e. The van der Waals surface area contributed by atoms with Gasteiger partial charge in [-0.25, -0.2) is 4.39 Å². The van der Waals surface area contributed by atoms with Gasteiger partial charge in [-0.15, -0.1) is 0 Å². The summed E-state index contributed by atoms with van der Waals surface area (Å²) in [6, 6.07) is 0. The highest BCUT2D eigenvalue weighted by Gasteiger charge is 2.55. The Morgan fingerprint density at radius 1 is 1.64 bits per heavy atom. The standard InChI is InChI=1S/C5H8BrFO4/c6-4-5(7,10)3(9)2(1-8)11-4/h2-4,8-10H,1H2/t2-,3-,4+,5+/m1/s1. The Morgan fingerprint density at radius 2 is 2.18 bits per heavy atom. The van der Waals surface area contributed by atoms with Gasteiger partial charge in [-0.2, -0.15) is 0 Å². The summed E-state index contributed by atoms with van der Waals surface area (Å²) in [5.41, 5.74) is 0. The topological polar surface area (TPSA) is 69.9 Å². The van der Waals surface area contributed by atoms with Crippen LogP contribution in [-0.4, -0.2) is 45.0 Å². The number of rotatable bonds is 1. The van der Waals surface area contributed by atoms with E-state index in [9.17, 15) is 4.39 Å². The van der Waals surface area contributed by atoms with Gasteiger partial charge in [0.05, 0.1) is 6.61 Å². The van der Waals surface area contributed by atoms with Crippen molar-refractivity contribution in [3.63, 3.8) is 0 Å². The van der Waals surface area contributed by atoms with E-state index in [0.29, 0.717) is 0 Å². The lowest BCUT2D eigenvalue weighted by atomic mass is 10.1. The minimum atomic E-state index is -2.83. The van der Waals surface area contributed by atoms with Crippen molar-refractivity contribution in [1.29, 1.82) is 0 Å². The molecule has 11 heavy (non-hydrogen) atoms. The molecule has 1 heterocycles. The van der Waals surface area contributed by atoms with Gasteiger partial charge in [0.25, 0.3) is 5.85 Å². The van der Waals surface area contributed by atoms with Crippen molar-refractivity contribution in [3.05, 3.63) is 0 Å². The maximum atomic E-state index is 12.9. The molecule has 0 bridgehead atoms. The average Bonchev–Trinajstić information content (AvgIpc) is 2.14. The minimum Gasteiger partial charge on any atom is -0.394 e. The molecule has 0 unspecified atom stereocenters. The second-order valence-corrected chi connectivity index (χ2v) is 3.18. The van der Waals surface area contributed by atoms with Crippen LogP contribution < -0.4 is 0 Å². The zero-order valence-corrected chi connectivity index (χ0v) is 7.03. The molecule has 0 aromatic rings. The van der Waals surface area contributed by atoms with Crippen LogP contribution in [0, 0.1) is 0 Å². The first-order valence-electron chi connectivity index (χ1n) is 3.00. The number of ether oxygens (including phenoxy) is 1. The van der Waals surface area contributed by atoms with Gasteiger partial charge < -0.3 is 20.1 Å². The Labute approximate surface area is 70.7 Å². The Bertz CT molecular complexity index is 153. The molecule has 0 amide bonds. The molecular weight excluding hydrogens is 223 g/mol. The SMILES string of the molecule is OC[C@H]1O[C@H](Br)[C@](O)(F)[C@@H]1O. The molecule has 66 valence electrons. The van der Waals surface area contributed by atoms with Gasteiger partial charge in [-0.3, -0.25) is 0 Å². The number of aliphatic hydroxyl groups is 3. The maximum absolute atomic E-state index is 12.9. The largest absolute Gasteiger partial charge is 0.394 e. The average molecular weight is 231 g/mol. The van der Waals surface area contributed by atoms with Crippen molar-refractivity contribution in [2.45, 2.75) is 23.1 Å². The molecule has 3 N–H and O–H groups in total. The van der Waals surface area contributed by atoms with Crippen molar-refractivity contribution < 1.29 is 24.4 Å². The molecule has 4 nitrogen and oxygen atoms in total. The Balaban J connectivity index is 2.71. The molecule has 0 radical (unpaired) electrons. The van der Waals surface area contributed by atoms with Crippen molar-refractivity contribution >= 4 is 15.9 Å². The number of alkyl halides is 2. The molecule has 1 aliphatic heterocycles. The van der Waals surface area contributed by atoms with Gasteiger partial charge >= 0.3 is 0 Å². The van der Waals surface area contributed by atoms with E-state index in [1.54, 1.807) is 0 Å². The van der Waals surface area contributed by atoms with Gasteiger partial charge in [-0.1, -0.05) is 15.9 Å². The normalized spacial score (nSPS) is 51.5. The fraction of sp³-hybridized carbons (Fsp3) is 1.00. The highest BCUT2D eigenvalue weighted by atomic mass is 79.9. The number of halogens is 2. The third-order valence-electron chi connectivity index (χ3n) is 1.56. The summed E-state index contributed by atoms with van der Waals surface area (Å²) < 4.78 is 17.5. The summed E-state index contributed by atoms with van der Waals surface area (Å²) in [5.74, 6) is -2.83. The lowest BCUT2D eigenvalue weighted by Crippen LogP contribution is -2.42. The highest BCUT2D eigenvalue weighted by molar-refractivity contribution is 9.09. The molecule has 1 fully saturated rings. The van der Waals surface area contributed by atoms with Gasteiger partial charge in [0, 0.05) is 0 Å². The Kier molecular flexibility index (Phi) is 2.50. The Morgan fingerprint density at radius 3 is 2.36 bits per heavy atom. The molecule has 4 atom stereocenters. The van der Waals surface area contributed by atoms with Crippen LogP contribution in [0.15, 0.2) is 0 Å². The summed E-state index contributed by atoms with van der Waals surface area (Å²) in [6.07, 6.45) is -2.79. The summed E-state index contributed by atoms with van der Waals surface area (Å²) >= 11 is 2.66. The summed E-state index contributed by atoms with van der Waals surface area (Å²) in [7, 11) is 0. The predicted octanol–water partition coefficient (Wildman–Crippen LogP) is -0.883. The van der Waals surface area contributed by atoms with E-state index in [0.717, 1.165) is 0 Å². The quantitative estimate of drug-likeness (QED) is 0.512. The van der Waals surface area contributed by atoms with E-state index in [-0.39, 0.29) is 0 Å². The number of hydrogen-bond acceptors (Lipinski definition) is 4. The number of hydrogen-bond donors (Lipinski definition) is 3. The van der Waals surface area contributed by atoms with Crippen LogP contribution in [-0.2, 0) is 4.74 Å². The second kappa shape index (κ2) is 2.95. The summed E-state index contributed by atoms with van der Waals surface area (Å²) in [5, 5.41) is 25.0. The monoisotopic (exact) mass is 230 g/mol. The first kappa shape index (κ1) is 9.34. The predicted molar refractivity (Wildman–Crippen MR) is 36.7 cm³/mol. The lowest BCUT2D eigenvalue weighted by Gasteiger charge is -2.17. The van der Waals surface area contributed by atoms with Crippen molar-refractivity contribution in [2.24, 2.45) is 0 Å². The Hall–Kier alpha value is 0.250. The van der Waals surface area contributed by atoms with Gasteiger partial charge in [0.2, 0.25) is 0 Å². The fourth-order valence-corrected chi connectivity index (χ4v) is 1.41. The van der Waals surface area contributed by atoms with E-state index in [1.165, 1.54) is 0 Å². The van der Waals surface area contributed by atoms with E-state index in [1.807, 2.05) is 0 Å². The van der Waals surface area contributed by atoms with Crippen LogP contribution >= 0.6 is 15.9 Å². The van der Waals surface area contributed by atoms with Crippen molar-refractivity contribution in [2.75, 3.05) is 6.61 Å². The van der Waals surface area contributed by atoms with Gasteiger partial charge in [0.1, 0.15) is 12.2 Å². The molecule has 1 saturated heterocycles. The zero-order chi connectivity index (χ0) is 8.65. The van der Waals surface area contributed by atoms with E-state index < -0.39 is 29.7 Å². The molecule has 6 heteroatoms. The minimum absolute atomic E-state index is 0.532. The molecule has 0 aliphatic carbocycles. The first-order valence-corrected chi connectivity index (χ1v) is 3.91. The molecule has 0 saturated carbocycles. The second-order valence-electron chi connectivity index (χ2n) is 2.35. The van der Waals surface area contributed by atoms with E-state index in [4.69, 9.17) is 15.3 Å². The summed E-state index contributed by atoms with van der Waals surface area (Å²) in [4.78, 5) is 0. The fourth-order valence-electron chi connectivity index (χ4n) is 0.861. The molecule has 0 spiro atoms. The van der Waals surface area contributed by atoms with Crippen LogP contribution in [0.2, 0.25) is 0 Å². The zero-order valence-electron chi connectivity index (χ0n) is 5.44. The van der Waals surface area contributed by atoms with Gasteiger partial charge in [-0.05, 0) is 0 Å². The third-order valence-corrected chi connectivity index (χ3v) is 2.42. The van der Waals surface area contributed by atoms with Crippen LogP contribution in [0.1, 0.15) is 0 Å².